The van der Waals surface area contributed by atoms with Crippen molar-refractivity contribution in [3.05, 3.63) is 17.0 Å². The fraction of sp³-hybridized carbons (Fsp3) is 0.333. The zero-order valence-corrected chi connectivity index (χ0v) is 9.94. The summed E-state index contributed by atoms with van der Waals surface area (Å²) in [7, 11) is -1.98. The van der Waals surface area contributed by atoms with E-state index in [1.807, 2.05) is 0 Å². The zero-order valence-electron chi connectivity index (χ0n) is 8.30. The molecular weight excluding hydrogens is 232 g/mol. The van der Waals surface area contributed by atoms with Crippen LogP contribution in [-0.2, 0) is 16.6 Å². The first-order chi connectivity index (χ1) is 7.02. The number of hydrogen-bond donors (Lipinski definition) is 1. The smallest absolute Gasteiger partial charge is 0.253 e. The fourth-order valence-corrected chi connectivity index (χ4v) is 3.50. The van der Waals surface area contributed by atoms with Gasteiger partial charge in [0.2, 0.25) is 0 Å². The lowest BCUT2D eigenvalue weighted by Crippen LogP contribution is -2.26. The predicted molar refractivity (Wildman–Crippen MR) is 60.9 cm³/mol. The minimum absolute atomic E-state index is 0.0677. The van der Waals surface area contributed by atoms with E-state index in [1.54, 1.807) is 12.1 Å². The van der Waals surface area contributed by atoms with Gasteiger partial charge in [0, 0.05) is 18.5 Å². The van der Waals surface area contributed by atoms with E-state index in [-0.39, 0.29) is 10.8 Å². The number of nitrogens with two attached hydrogens (primary N) is 1. The maximum Gasteiger partial charge on any atom is 0.253 e. The molecule has 0 aromatic carbocycles. The van der Waals surface area contributed by atoms with E-state index in [0.29, 0.717) is 6.54 Å². The van der Waals surface area contributed by atoms with E-state index in [1.165, 1.54) is 18.4 Å². The lowest BCUT2D eigenvalue weighted by molar-refractivity contribution is 0.505. The molecule has 1 aromatic rings. The average molecular weight is 244 g/mol. The second-order valence-electron chi connectivity index (χ2n) is 2.89. The predicted octanol–water partition coefficient (Wildman–Crippen LogP) is 0.461. The van der Waals surface area contributed by atoms with Gasteiger partial charge in [-0.05, 0) is 12.1 Å². The number of thiophene rings is 1. The molecule has 0 aliphatic carbocycles. The van der Waals surface area contributed by atoms with Crippen molar-refractivity contribution < 1.29 is 8.42 Å². The average Bonchev–Trinajstić information content (AvgIpc) is 2.66. The van der Waals surface area contributed by atoms with Gasteiger partial charge in [-0.1, -0.05) is 5.92 Å². The molecule has 1 heterocycles. The Morgan fingerprint density at radius 2 is 2.27 bits per heavy atom. The molecule has 6 heteroatoms. The largest absolute Gasteiger partial charge is 0.326 e. The van der Waals surface area contributed by atoms with E-state index in [2.05, 4.69) is 5.92 Å². The van der Waals surface area contributed by atoms with Crippen LogP contribution in [0.5, 0.6) is 0 Å². The highest BCUT2D eigenvalue weighted by molar-refractivity contribution is 7.91. The lowest BCUT2D eigenvalue weighted by atomic mass is 10.5. The van der Waals surface area contributed by atoms with Gasteiger partial charge in [-0.25, -0.2) is 8.42 Å². The molecule has 0 atom stereocenters. The third-order valence-electron chi connectivity index (χ3n) is 1.82. The van der Waals surface area contributed by atoms with E-state index in [9.17, 15) is 8.42 Å². The second kappa shape index (κ2) is 4.77. The molecule has 15 heavy (non-hydrogen) atoms. The molecule has 4 nitrogen and oxygen atoms in total. The van der Waals surface area contributed by atoms with Crippen LogP contribution < -0.4 is 5.73 Å². The Morgan fingerprint density at radius 3 is 2.73 bits per heavy atom. The first-order valence-electron chi connectivity index (χ1n) is 4.21. The van der Waals surface area contributed by atoms with Gasteiger partial charge in [0.15, 0.2) is 0 Å². The molecule has 1 aromatic heterocycles. The van der Waals surface area contributed by atoms with E-state index in [4.69, 9.17) is 12.2 Å². The van der Waals surface area contributed by atoms with Crippen LogP contribution in [0.2, 0.25) is 0 Å². The summed E-state index contributed by atoms with van der Waals surface area (Å²) >= 11 is 1.17. The van der Waals surface area contributed by atoms with Crippen molar-refractivity contribution in [1.82, 2.24) is 4.31 Å². The van der Waals surface area contributed by atoms with Crippen molar-refractivity contribution in [1.29, 1.82) is 0 Å². The molecule has 0 spiro atoms. The van der Waals surface area contributed by atoms with Crippen LogP contribution in [-0.4, -0.2) is 26.3 Å². The summed E-state index contributed by atoms with van der Waals surface area (Å²) in [5.74, 6) is 2.29. The normalized spacial score (nSPS) is 11.6. The van der Waals surface area contributed by atoms with Gasteiger partial charge < -0.3 is 5.73 Å². The minimum Gasteiger partial charge on any atom is -0.326 e. The first-order valence-corrected chi connectivity index (χ1v) is 6.46. The highest BCUT2D eigenvalue weighted by Gasteiger charge is 2.21. The van der Waals surface area contributed by atoms with Gasteiger partial charge in [0.25, 0.3) is 10.0 Å². The SMILES string of the molecule is C#CCN(C)S(=O)(=O)c1ccc(CN)s1. The summed E-state index contributed by atoms with van der Waals surface area (Å²) in [6.45, 7) is 0.414. The molecular formula is C9H12N2O2S2. The molecule has 1 rings (SSSR count). The molecule has 0 aliphatic heterocycles. The monoisotopic (exact) mass is 244 g/mol. The Labute approximate surface area is 93.8 Å². The minimum atomic E-state index is -3.44. The third kappa shape index (κ3) is 2.58. The molecule has 0 saturated carbocycles. The molecule has 0 amide bonds. The van der Waals surface area contributed by atoms with Gasteiger partial charge in [-0.3, -0.25) is 0 Å². The summed E-state index contributed by atoms with van der Waals surface area (Å²) in [5.41, 5.74) is 5.41. The fourth-order valence-electron chi connectivity index (χ4n) is 0.974. The summed E-state index contributed by atoms with van der Waals surface area (Å²) in [6, 6.07) is 3.26. The van der Waals surface area contributed by atoms with E-state index < -0.39 is 10.0 Å². The van der Waals surface area contributed by atoms with E-state index in [0.717, 1.165) is 9.18 Å². The summed E-state index contributed by atoms with van der Waals surface area (Å²) in [5, 5.41) is 0. The van der Waals surface area contributed by atoms with Crippen LogP contribution in [0.1, 0.15) is 4.88 Å². The van der Waals surface area contributed by atoms with Crippen LogP contribution in [0.25, 0.3) is 0 Å². The highest BCUT2D eigenvalue weighted by Crippen LogP contribution is 2.23. The number of sulfonamides is 1. The van der Waals surface area contributed by atoms with Gasteiger partial charge in [-0.15, -0.1) is 17.8 Å². The number of nitrogens with zero attached hydrogens (tertiary/aromatic N) is 1. The summed E-state index contributed by atoms with van der Waals surface area (Å²) in [4.78, 5) is 0.836. The summed E-state index contributed by atoms with van der Waals surface area (Å²) < 4.78 is 25.1. The van der Waals surface area contributed by atoms with Crippen molar-refractivity contribution in [2.24, 2.45) is 5.73 Å². The van der Waals surface area contributed by atoms with Gasteiger partial charge in [0.05, 0.1) is 6.54 Å². The Hall–Kier alpha value is -0.870. The number of hydrogen-bond acceptors (Lipinski definition) is 4. The maximum atomic E-state index is 11.9. The Morgan fingerprint density at radius 1 is 1.60 bits per heavy atom. The third-order valence-corrected chi connectivity index (χ3v) is 5.20. The summed E-state index contributed by atoms with van der Waals surface area (Å²) in [6.07, 6.45) is 5.06. The maximum absolute atomic E-state index is 11.9. The van der Waals surface area contributed by atoms with Crippen molar-refractivity contribution >= 4 is 21.4 Å². The highest BCUT2D eigenvalue weighted by atomic mass is 32.2. The number of rotatable bonds is 4. The van der Waals surface area contributed by atoms with Gasteiger partial charge in [0.1, 0.15) is 4.21 Å². The lowest BCUT2D eigenvalue weighted by Gasteiger charge is -2.11. The Bertz CT molecular complexity index is 471. The Balaban J connectivity index is 3.01. The molecule has 0 bridgehead atoms. The van der Waals surface area contributed by atoms with Crippen molar-refractivity contribution in [2.75, 3.05) is 13.6 Å². The topological polar surface area (TPSA) is 63.4 Å². The van der Waals surface area contributed by atoms with Crippen LogP contribution >= 0.6 is 11.3 Å². The quantitative estimate of drug-likeness (QED) is 0.783. The second-order valence-corrected chi connectivity index (χ2v) is 6.33. The Kier molecular flexibility index (Phi) is 3.88. The van der Waals surface area contributed by atoms with Crippen LogP contribution in [0.15, 0.2) is 16.3 Å². The zero-order chi connectivity index (χ0) is 11.5. The standard InChI is InChI=1S/C9H12N2O2S2/c1-3-6-11(2)15(12,13)9-5-4-8(7-10)14-9/h1,4-5H,6-7,10H2,2H3. The van der Waals surface area contributed by atoms with Crippen LogP contribution in [0.4, 0.5) is 0 Å². The molecule has 0 fully saturated rings. The van der Waals surface area contributed by atoms with Gasteiger partial charge in [-0.2, -0.15) is 4.31 Å². The molecule has 0 saturated heterocycles. The van der Waals surface area contributed by atoms with Crippen molar-refractivity contribution in [3.8, 4) is 12.3 Å². The van der Waals surface area contributed by atoms with Crippen molar-refractivity contribution in [3.63, 3.8) is 0 Å². The first kappa shape index (κ1) is 12.2. The van der Waals surface area contributed by atoms with Crippen LogP contribution in [0.3, 0.4) is 0 Å². The number of terminal acetylenes is 1. The van der Waals surface area contributed by atoms with Crippen LogP contribution in [0, 0.1) is 12.3 Å². The van der Waals surface area contributed by atoms with E-state index >= 15 is 0 Å². The molecule has 2 N–H and O–H groups in total. The van der Waals surface area contributed by atoms with Crippen molar-refractivity contribution in [2.45, 2.75) is 10.8 Å². The molecule has 82 valence electrons. The van der Waals surface area contributed by atoms with Gasteiger partial charge >= 0.3 is 0 Å². The molecule has 0 aliphatic rings. The molecule has 0 radical (unpaired) electrons. The molecule has 0 unspecified atom stereocenters.